The molecule has 2 aromatic carbocycles. The highest BCUT2D eigenvalue weighted by atomic mass is 35.5. The molecule has 0 aliphatic carbocycles. The predicted molar refractivity (Wildman–Crippen MR) is 142 cm³/mol. The van der Waals surface area contributed by atoms with Crippen LogP contribution in [0.5, 0.6) is 0 Å². The molecule has 2 atom stereocenters. The van der Waals surface area contributed by atoms with Crippen LogP contribution >= 0.6 is 23.2 Å². The quantitative estimate of drug-likeness (QED) is 0.443. The summed E-state index contributed by atoms with van der Waals surface area (Å²) in [5.41, 5.74) is 1.97. The summed E-state index contributed by atoms with van der Waals surface area (Å²) in [7, 11) is -3.88. The maximum atomic E-state index is 13.7. The lowest BCUT2D eigenvalue weighted by atomic mass is 10.1. The lowest BCUT2D eigenvalue weighted by Gasteiger charge is -2.33. The van der Waals surface area contributed by atoms with Crippen molar-refractivity contribution in [3.8, 4) is 0 Å². The number of nitrogens with one attached hydrogen (secondary N) is 1. The van der Waals surface area contributed by atoms with Crippen LogP contribution in [-0.2, 0) is 26.2 Å². The first-order chi connectivity index (χ1) is 16.4. The zero-order valence-corrected chi connectivity index (χ0v) is 23.0. The van der Waals surface area contributed by atoms with Gasteiger partial charge in [-0.25, -0.2) is 8.42 Å². The summed E-state index contributed by atoms with van der Waals surface area (Å²) in [6.07, 6.45) is 2.11. The van der Waals surface area contributed by atoms with E-state index in [1.807, 2.05) is 52.0 Å². The first-order valence-corrected chi connectivity index (χ1v) is 14.1. The van der Waals surface area contributed by atoms with E-state index < -0.39 is 28.5 Å². The number of anilines is 1. The highest BCUT2D eigenvalue weighted by Crippen LogP contribution is 2.30. The van der Waals surface area contributed by atoms with Crippen molar-refractivity contribution in [1.82, 2.24) is 10.2 Å². The molecule has 7 nitrogen and oxygen atoms in total. The molecule has 0 aliphatic heterocycles. The molecular weight excluding hydrogens is 509 g/mol. The average molecular weight is 543 g/mol. The monoisotopic (exact) mass is 541 g/mol. The summed E-state index contributed by atoms with van der Waals surface area (Å²) >= 11 is 12.3. The van der Waals surface area contributed by atoms with Crippen LogP contribution in [0.25, 0.3) is 0 Å². The number of carbonyl (C=O) groups is 2. The number of rotatable bonds is 11. The van der Waals surface area contributed by atoms with Crippen LogP contribution in [0.4, 0.5) is 5.69 Å². The van der Waals surface area contributed by atoms with Gasteiger partial charge in [-0.3, -0.25) is 13.9 Å². The van der Waals surface area contributed by atoms with Gasteiger partial charge in [-0.05, 0) is 56.0 Å². The maximum Gasteiger partial charge on any atom is 0.244 e. The van der Waals surface area contributed by atoms with Gasteiger partial charge in [0.25, 0.3) is 0 Å². The minimum absolute atomic E-state index is 0.0626. The summed E-state index contributed by atoms with van der Waals surface area (Å²) in [6.45, 7) is 7.24. The molecule has 10 heteroatoms. The standard InChI is InChI=1S/C25H33Cl2N3O4S/c1-6-18(4)28-25(32)22(7-2)29(15-19-11-9-8-10-17(19)3)24(31)16-30(35(5,33)34)23-13-12-20(26)14-21(23)27/h8-14,18,22H,6-7,15-16H2,1-5H3,(H,28,32)/t18-,22-/m0/s1. The van der Waals surface area contributed by atoms with Gasteiger partial charge in [0.15, 0.2) is 0 Å². The molecule has 0 saturated carbocycles. The molecule has 0 radical (unpaired) electrons. The third-order valence-corrected chi connectivity index (χ3v) is 7.51. The highest BCUT2D eigenvalue weighted by Gasteiger charge is 2.32. The van der Waals surface area contributed by atoms with E-state index in [-0.39, 0.29) is 29.2 Å². The second-order valence-corrected chi connectivity index (χ2v) is 11.3. The molecule has 0 aliphatic rings. The van der Waals surface area contributed by atoms with Gasteiger partial charge in [0.05, 0.1) is 17.0 Å². The molecule has 1 N–H and O–H groups in total. The number of hydrogen-bond donors (Lipinski definition) is 1. The Balaban J connectivity index is 2.49. The number of amides is 2. The Morgan fingerprint density at radius 3 is 2.26 bits per heavy atom. The molecule has 0 bridgehead atoms. The Hall–Kier alpha value is -2.29. The molecule has 35 heavy (non-hydrogen) atoms. The molecule has 2 aromatic rings. The van der Waals surface area contributed by atoms with E-state index in [4.69, 9.17) is 23.2 Å². The number of nitrogens with zero attached hydrogens (tertiary/aromatic N) is 2. The van der Waals surface area contributed by atoms with E-state index in [0.29, 0.717) is 11.4 Å². The Morgan fingerprint density at radius 2 is 1.71 bits per heavy atom. The molecule has 2 amide bonds. The lowest BCUT2D eigenvalue weighted by Crippen LogP contribution is -2.53. The predicted octanol–water partition coefficient (Wildman–Crippen LogP) is 4.79. The maximum absolute atomic E-state index is 13.7. The lowest BCUT2D eigenvalue weighted by molar-refractivity contribution is -0.140. The van der Waals surface area contributed by atoms with E-state index in [1.165, 1.54) is 23.1 Å². The summed E-state index contributed by atoms with van der Waals surface area (Å²) in [6, 6.07) is 11.1. The van der Waals surface area contributed by atoms with Gasteiger partial charge < -0.3 is 10.2 Å². The molecule has 0 unspecified atom stereocenters. The number of halogens is 2. The molecular formula is C25H33Cl2N3O4S. The minimum Gasteiger partial charge on any atom is -0.352 e. The van der Waals surface area contributed by atoms with Crippen molar-refractivity contribution in [2.24, 2.45) is 0 Å². The van der Waals surface area contributed by atoms with Gasteiger partial charge in [0, 0.05) is 17.6 Å². The Morgan fingerprint density at radius 1 is 1.06 bits per heavy atom. The van der Waals surface area contributed by atoms with E-state index >= 15 is 0 Å². The van der Waals surface area contributed by atoms with Gasteiger partial charge in [-0.1, -0.05) is 61.3 Å². The number of aryl methyl sites for hydroxylation is 1. The number of carbonyl (C=O) groups excluding carboxylic acids is 2. The third kappa shape index (κ3) is 7.85. The molecule has 0 fully saturated rings. The fourth-order valence-corrected chi connectivity index (χ4v) is 5.03. The zero-order chi connectivity index (χ0) is 26.3. The van der Waals surface area contributed by atoms with E-state index in [9.17, 15) is 18.0 Å². The normalized spacial score (nSPS) is 13.1. The summed E-state index contributed by atoms with van der Waals surface area (Å²) in [4.78, 5) is 28.3. The number of hydrogen-bond acceptors (Lipinski definition) is 4. The Labute approximate surface area is 218 Å². The van der Waals surface area contributed by atoms with Crippen molar-refractivity contribution in [3.05, 3.63) is 63.6 Å². The second-order valence-electron chi connectivity index (χ2n) is 8.56. The highest BCUT2D eigenvalue weighted by molar-refractivity contribution is 7.92. The number of benzene rings is 2. The van der Waals surface area contributed by atoms with E-state index in [1.54, 1.807) is 0 Å². The van der Waals surface area contributed by atoms with Crippen molar-refractivity contribution in [1.29, 1.82) is 0 Å². The molecule has 2 rings (SSSR count). The van der Waals surface area contributed by atoms with Crippen molar-refractivity contribution in [2.75, 3.05) is 17.1 Å². The molecule has 0 spiro atoms. The topological polar surface area (TPSA) is 86.8 Å². The van der Waals surface area contributed by atoms with Crippen LogP contribution in [0.15, 0.2) is 42.5 Å². The van der Waals surface area contributed by atoms with Crippen LogP contribution in [0, 0.1) is 6.92 Å². The van der Waals surface area contributed by atoms with Gasteiger partial charge in [-0.15, -0.1) is 0 Å². The van der Waals surface area contributed by atoms with Gasteiger partial charge in [0.2, 0.25) is 21.8 Å². The SMILES string of the molecule is CC[C@H](C)NC(=O)[C@H](CC)N(Cc1ccccc1C)C(=O)CN(c1ccc(Cl)cc1Cl)S(C)(=O)=O. The van der Waals surface area contributed by atoms with Crippen molar-refractivity contribution >= 4 is 50.7 Å². The van der Waals surface area contributed by atoms with Crippen LogP contribution < -0.4 is 9.62 Å². The van der Waals surface area contributed by atoms with Crippen LogP contribution in [0.3, 0.4) is 0 Å². The van der Waals surface area contributed by atoms with Crippen LogP contribution in [-0.4, -0.2) is 50.0 Å². The summed E-state index contributed by atoms with van der Waals surface area (Å²) < 4.78 is 26.3. The summed E-state index contributed by atoms with van der Waals surface area (Å²) in [5, 5.41) is 3.39. The molecule has 192 valence electrons. The fraction of sp³-hybridized carbons (Fsp3) is 0.440. The average Bonchev–Trinajstić information content (AvgIpc) is 2.78. The van der Waals surface area contributed by atoms with Crippen molar-refractivity contribution in [2.45, 2.75) is 59.2 Å². The first kappa shape index (κ1) is 28.9. The number of sulfonamides is 1. The molecule has 0 aromatic heterocycles. The van der Waals surface area contributed by atoms with E-state index in [2.05, 4.69) is 5.32 Å². The minimum atomic E-state index is -3.88. The largest absolute Gasteiger partial charge is 0.352 e. The van der Waals surface area contributed by atoms with Gasteiger partial charge in [0.1, 0.15) is 12.6 Å². The summed E-state index contributed by atoms with van der Waals surface area (Å²) in [5.74, 6) is -0.796. The van der Waals surface area contributed by atoms with Crippen molar-refractivity contribution < 1.29 is 18.0 Å². The second kappa shape index (κ2) is 12.6. The molecule has 0 heterocycles. The fourth-order valence-electron chi connectivity index (χ4n) is 3.61. The van der Waals surface area contributed by atoms with Crippen LogP contribution in [0.2, 0.25) is 10.0 Å². The Kier molecular flexibility index (Phi) is 10.4. The molecule has 0 saturated heterocycles. The van der Waals surface area contributed by atoms with Crippen molar-refractivity contribution in [3.63, 3.8) is 0 Å². The smallest absolute Gasteiger partial charge is 0.244 e. The zero-order valence-electron chi connectivity index (χ0n) is 20.7. The Bertz CT molecular complexity index is 1160. The van der Waals surface area contributed by atoms with Gasteiger partial charge in [-0.2, -0.15) is 0 Å². The van der Waals surface area contributed by atoms with Crippen LogP contribution in [0.1, 0.15) is 44.7 Å². The third-order valence-electron chi connectivity index (χ3n) is 5.85. The van der Waals surface area contributed by atoms with Gasteiger partial charge >= 0.3 is 0 Å². The first-order valence-electron chi connectivity index (χ1n) is 11.5. The van der Waals surface area contributed by atoms with E-state index in [0.717, 1.165) is 28.1 Å².